The van der Waals surface area contributed by atoms with Crippen LogP contribution in [0.25, 0.3) is 0 Å². The first-order chi connectivity index (χ1) is 12.6. The highest BCUT2D eigenvalue weighted by Crippen LogP contribution is 2.40. The van der Waals surface area contributed by atoms with Gasteiger partial charge in [0.15, 0.2) is 5.78 Å². The second kappa shape index (κ2) is 8.78. The lowest BCUT2D eigenvalue weighted by Crippen LogP contribution is -2.50. The first-order valence-corrected chi connectivity index (χ1v) is 9.64. The molecule has 1 saturated carbocycles. The molecule has 0 bridgehead atoms. The first-order valence-electron chi connectivity index (χ1n) is 9.64. The molecule has 5 unspecified atom stereocenters. The first kappa shape index (κ1) is 19.1. The Labute approximate surface area is 155 Å². The fraction of sp³-hybridized carbons (Fsp3) is 0.619. The van der Waals surface area contributed by atoms with E-state index in [-0.39, 0.29) is 23.8 Å². The number of ketones is 1. The second-order valence-corrected chi connectivity index (χ2v) is 7.53. The van der Waals surface area contributed by atoms with Crippen LogP contribution in [-0.2, 0) is 19.1 Å². The molecule has 2 aliphatic heterocycles. The van der Waals surface area contributed by atoms with Crippen LogP contribution in [0.4, 0.5) is 0 Å². The Bertz CT molecular complexity index is 603. The number of piperidine rings is 1. The van der Waals surface area contributed by atoms with E-state index in [1.807, 2.05) is 13.0 Å². The smallest absolute Gasteiger partial charge is 0.331 e. The predicted octanol–water partition coefficient (Wildman–Crippen LogP) is 2.58. The fourth-order valence-electron chi connectivity index (χ4n) is 4.36. The van der Waals surface area contributed by atoms with Crippen LogP contribution >= 0.6 is 0 Å². The zero-order valence-corrected chi connectivity index (χ0v) is 15.5. The van der Waals surface area contributed by atoms with Gasteiger partial charge in [0.1, 0.15) is 6.10 Å². The van der Waals surface area contributed by atoms with Gasteiger partial charge in [0.2, 0.25) is 0 Å². The molecule has 1 saturated heterocycles. The van der Waals surface area contributed by atoms with Crippen LogP contribution in [0.3, 0.4) is 0 Å². The molecule has 1 N–H and O–H groups in total. The van der Waals surface area contributed by atoms with Crippen molar-refractivity contribution in [1.82, 2.24) is 5.32 Å². The lowest BCUT2D eigenvalue weighted by molar-refractivity contribution is -0.163. The lowest BCUT2D eigenvalue weighted by Gasteiger charge is -2.43. The van der Waals surface area contributed by atoms with E-state index in [1.54, 1.807) is 18.2 Å². The van der Waals surface area contributed by atoms with Crippen LogP contribution in [0, 0.1) is 17.8 Å². The molecule has 26 heavy (non-hydrogen) atoms. The summed E-state index contributed by atoms with van der Waals surface area (Å²) in [5.74, 6) is -0.313. The average molecular weight is 359 g/mol. The summed E-state index contributed by atoms with van der Waals surface area (Å²) in [6.45, 7) is 7.99. The van der Waals surface area contributed by atoms with Gasteiger partial charge in [-0.05, 0) is 51.1 Å². The molecule has 5 atom stereocenters. The highest BCUT2D eigenvalue weighted by Gasteiger charge is 2.47. The van der Waals surface area contributed by atoms with E-state index in [0.717, 1.165) is 44.3 Å². The summed E-state index contributed by atoms with van der Waals surface area (Å²) in [6.07, 6.45) is 10.1. The van der Waals surface area contributed by atoms with Gasteiger partial charge in [-0.1, -0.05) is 17.7 Å². The number of hydrogen-bond donors (Lipinski definition) is 1. The number of carbonyl (C=O) groups excluding carboxylic acids is 2. The molecule has 0 aromatic carbocycles. The van der Waals surface area contributed by atoms with Crippen LogP contribution in [-0.4, -0.2) is 43.7 Å². The summed E-state index contributed by atoms with van der Waals surface area (Å²) in [6, 6.07) is 0. The largest absolute Gasteiger partial charge is 0.458 e. The summed E-state index contributed by atoms with van der Waals surface area (Å²) >= 11 is 0. The average Bonchev–Trinajstić information content (AvgIpc) is 2.64. The lowest BCUT2D eigenvalue weighted by atomic mass is 9.71. The van der Waals surface area contributed by atoms with Crippen molar-refractivity contribution in [3.05, 3.63) is 36.5 Å². The molecule has 0 radical (unpaired) electrons. The summed E-state index contributed by atoms with van der Waals surface area (Å²) in [7, 11) is 0. The SMILES string of the molecule is C=CCOC1CCC2C(C)=CC(=O)OC2C1C(=O)/C=C/C1CCCNC1. The van der Waals surface area contributed by atoms with Gasteiger partial charge in [0, 0.05) is 18.5 Å². The number of fused-ring (bicyclic) bond motifs is 1. The van der Waals surface area contributed by atoms with Crippen LogP contribution in [0.1, 0.15) is 32.6 Å². The summed E-state index contributed by atoms with van der Waals surface area (Å²) in [4.78, 5) is 25.0. The zero-order chi connectivity index (χ0) is 18.5. The number of nitrogens with one attached hydrogen (secondary N) is 1. The molecular weight excluding hydrogens is 330 g/mol. The molecule has 3 rings (SSSR count). The monoisotopic (exact) mass is 359 g/mol. The van der Waals surface area contributed by atoms with Crippen LogP contribution in [0.5, 0.6) is 0 Å². The van der Waals surface area contributed by atoms with Crippen molar-refractivity contribution in [3.63, 3.8) is 0 Å². The number of rotatable bonds is 6. The maximum Gasteiger partial charge on any atom is 0.331 e. The van der Waals surface area contributed by atoms with Crippen molar-refractivity contribution in [2.45, 2.75) is 44.8 Å². The van der Waals surface area contributed by atoms with E-state index in [9.17, 15) is 9.59 Å². The maximum atomic E-state index is 13.1. The number of hydrogen-bond acceptors (Lipinski definition) is 5. The Morgan fingerprint density at radius 2 is 2.27 bits per heavy atom. The maximum absolute atomic E-state index is 13.1. The summed E-state index contributed by atoms with van der Waals surface area (Å²) in [5.41, 5.74) is 1.01. The van der Waals surface area contributed by atoms with Crippen molar-refractivity contribution in [1.29, 1.82) is 0 Å². The third kappa shape index (κ3) is 4.33. The number of allylic oxidation sites excluding steroid dienone is 1. The number of carbonyl (C=O) groups is 2. The Kier molecular flexibility index (Phi) is 6.43. The van der Waals surface area contributed by atoms with Gasteiger partial charge in [-0.25, -0.2) is 4.79 Å². The van der Waals surface area contributed by atoms with E-state index >= 15 is 0 Å². The van der Waals surface area contributed by atoms with Gasteiger partial charge in [-0.15, -0.1) is 6.58 Å². The van der Waals surface area contributed by atoms with Gasteiger partial charge in [0.05, 0.1) is 18.6 Å². The van der Waals surface area contributed by atoms with Crippen molar-refractivity contribution >= 4 is 11.8 Å². The molecular formula is C21H29NO4. The van der Waals surface area contributed by atoms with Crippen LogP contribution in [0.15, 0.2) is 36.5 Å². The summed E-state index contributed by atoms with van der Waals surface area (Å²) in [5, 5.41) is 3.36. The molecule has 2 fully saturated rings. The second-order valence-electron chi connectivity index (χ2n) is 7.53. The third-order valence-electron chi connectivity index (χ3n) is 5.72. The minimum absolute atomic E-state index is 0.00170. The standard InChI is InChI=1S/C21H29NO4/c1-3-11-25-18-9-7-16-14(2)12-19(24)26-21(16)20(18)17(23)8-6-15-5-4-10-22-13-15/h3,6,8,12,15-16,18,20-22H,1,4-5,7,9-11,13H2,2H3/b8-6+. The van der Waals surface area contributed by atoms with E-state index in [1.165, 1.54) is 0 Å². The molecule has 0 aromatic heterocycles. The molecule has 0 aromatic rings. The highest BCUT2D eigenvalue weighted by atomic mass is 16.5. The van der Waals surface area contributed by atoms with Gasteiger partial charge in [-0.3, -0.25) is 4.79 Å². The van der Waals surface area contributed by atoms with Crippen LogP contribution in [0.2, 0.25) is 0 Å². The Morgan fingerprint density at radius 1 is 1.42 bits per heavy atom. The van der Waals surface area contributed by atoms with Crippen molar-refractivity contribution in [3.8, 4) is 0 Å². The Hall–Kier alpha value is -1.72. The Morgan fingerprint density at radius 3 is 3.00 bits per heavy atom. The zero-order valence-electron chi connectivity index (χ0n) is 15.5. The minimum atomic E-state index is -0.450. The van der Waals surface area contributed by atoms with E-state index in [4.69, 9.17) is 9.47 Å². The van der Waals surface area contributed by atoms with Crippen molar-refractivity contribution in [2.24, 2.45) is 17.8 Å². The van der Waals surface area contributed by atoms with Gasteiger partial charge < -0.3 is 14.8 Å². The van der Waals surface area contributed by atoms with E-state index in [0.29, 0.717) is 12.5 Å². The quantitative estimate of drug-likeness (QED) is 0.449. The molecule has 1 aliphatic carbocycles. The molecule has 3 aliphatic rings. The Balaban J connectivity index is 1.78. The molecule has 142 valence electrons. The molecule has 5 nitrogen and oxygen atoms in total. The fourth-order valence-corrected chi connectivity index (χ4v) is 4.36. The molecule has 0 amide bonds. The molecule has 2 heterocycles. The molecule has 5 heteroatoms. The topological polar surface area (TPSA) is 64.6 Å². The van der Waals surface area contributed by atoms with Crippen LogP contribution < -0.4 is 5.32 Å². The van der Waals surface area contributed by atoms with E-state index < -0.39 is 12.0 Å². The highest BCUT2D eigenvalue weighted by molar-refractivity contribution is 5.93. The van der Waals surface area contributed by atoms with Gasteiger partial charge >= 0.3 is 5.97 Å². The summed E-state index contributed by atoms with van der Waals surface area (Å²) < 4.78 is 11.5. The number of ether oxygens (including phenoxy) is 2. The van der Waals surface area contributed by atoms with Gasteiger partial charge in [0.25, 0.3) is 0 Å². The van der Waals surface area contributed by atoms with E-state index in [2.05, 4.69) is 11.9 Å². The normalized spacial score (nSPS) is 34.7. The third-order valence-corrected chi connectivity index (χ3v) is 5.72. The van der Waals surface area contributed by atoms with Crippen molar-refractivity contribution < 1.29 is 19.1 Å². The number of esters is 1. The predicted molar refractivity (Wildman–Crippen MR) is 99.5 cm³/mol. The minimum Gasteiger partial charge on any atom is -0.458 e. The van der Waals surface area contributed by atoms with Crippen molar-refractivity contribution in [2.75, 3.05) is 19.7 Å². The van der Waals surface area contributed by atoms with Gasteiger partial charge in [-0.2, -0.15) is 0 Å². The molecule has 0 spiro atoms.